The summed E-state index contributed by atoms with van der Waals surface area (Å²) in [6.45, 7) is 6.12. The third-order valence-electron chi connectivity index (χ3n) is 4.60. The predicted molar refractivity (Wildman–Crippen MR) is 74.7 cm³/mol. The Kier molecular flexibility index (Phi) is 4.94. The van der Waals surface area contributed by atoms with E-state index in [1.807, 2.05) is 0 Å². The zero-order valence-corrected chi connectivity index (χ0v) is 12.4. The number of rotatable bonds is 5. The second-order valence-corrected chi connectivity index (χ2v) is 6.02. The molecule has 2 saturated heterocycles. The SMILES string of the molecule is CCNC1CCC2(CC1OCC1CCCO1)OCCO2. The highest BCUT2D eigenvalue weighted by molar-refractivity contribution is 4.92. The minimum atomic E-state index is -0.382. The molecule has 5 nitrogen and oxygen atoms in total. The second-order valence-electron chi connectivity index (χ2n) is 6.02. The van der Waals surface area contributed by atoms with Crippen molar-refractivity contribution in [1.29, 1.82) is 0 Å². The summed E-state index contributed by atoms with van der Waals surface area (Å²) >= 11 is 0. The number of ether oxygens (including phenoxy) is 4. The Labute approximate surface area is 121 Å². The van der Waals surface area contributed by atoms with Gasteiger partial charge in [0.25, 0.3) is 0 Å². The lowest BCUT2D eigenvalue weighted by molar-refractivity contribution is -0.209. The summed E-state index contributed by atoms with van der Waals surface area (Å²) in [5.74, 6) is -0.382. The third kappa shape index (κ3) is 3.34. The van der Waals surface area contributed by atoms with Crippen molar-refractivity contribution in [2.45, 2.75) is 63.1 Å². The zero-order valence-electron chi connectivity index (χ0n) is 12.4. The molecule has 20 heavy (non-hydrogen) atoms. The maximum atomic E-state index is 6.17. The molecule has 0 amide bonds. The predicted octanol–water partition coefficient (Wildman–Crippen LogP) is 1.46. The second kappa shape index (κ2) is 6.71. The number of hydrogen-bond acceptors (Lipinski definition) is 5. The van der Waals surface area contributed by atoms with E-state index in [-0.39, 0.29) is 18.0 Å². The van der Waals surface area contributed by atoms with Crippen LogP contribution in [0.1, 0.15) is 39.0 Å². The smallest absolute Gasteiger partial charge is 0.171 e. The topological polar surface area (TPSA) is 49.0 Å². The molecule has 0 bridgehead atoms. The van der Waals surface area contributed by atoms with Crippen molar-refractivity contribution >= 4 is 0 Å². The fraction of sp³-hybridized carbons (Fsp3) is 1.00. The van der Waals surface area contributed by atoms with E-state index in [0.717, 1.165) is 45.3 Å². The summed E-state index contributed by atoms with van der Waals surface area (Å²) in [6, 6.07) is 0.403. The summed E-state index contributed by atoms with van der Waals surface area (Å²) in [6.07, 6.45) is 5.56. The lowest BCUT2D eigenvalue weighted by Gasteiger charge is -2.41. The van der Waals surface area contributed by atoms with Crippen LogP contribution in [0.3, 0.4) is 0 Å². The van der Waals surface area contributed by atoms with Gasteiger partial charge in [0.2, 0.25) is 0 Å². The van der Waals surface area contributed by atoms with E-state index in [1.165, 1.54) is 0 Å². The van der Waals surface area contributed by atoms with Crippen LogP contribution < -0.4 is 5.32 Å². The fourth-order valence-corrected chi connectivity index (χ4v) is 3.55. The summed E-state index contributed by atoms with van der Waals surface area (Å²) in [5, 5.41) is 3.54. The van der Waals surface area contributed by atoms with Crippen LogP contribution in [-0.4, -0.2) is 57.0 Å². The first kappa shape index (κ1) is 14.7. The van der Waals surface area contributed by atoms with Crippen LogP contribution in [0.15, 0.2) is 0 Å². The molecular weight excluding hydrogens is 258 g/mol. The highest BCUT2D eigenvalue weighted by Gasteiger charge is 2.45. The van der Waals surface area contributed by atoms with Gasteiger partial charge in [0, 0.05) is 25.5 Å². The molecular formula is C15H27NO4. The Morgan fingerprint density at radius 2 is 2.05 bits per heavy atom. The van der Waals surface area contributed by atoms with Crippen LogP contribution in [0, 0.1) is 0 Å². The molecule has 3 atom stereocenters. The quantitative estimate of drug-likeness (QED) is 0.828. The van der Waals surface area contributed by atoms with Gasteiger partial charge < -0.3 is 24.3 Å². The maximum absolute atomic E-state index is 6.17. The summed E-state index contributed by atoms with van der Waals surface area (Å²) in [4.78, 5) is 0. The summed E-state index contributed by atoms with van der Waals surface area (Å²) in [5.41, 5.74) is 0. The van der Waals surface area contributed by atoms with Crippen molar-refractivity contribution in [1.82, 2.24) is 5.32 Å². The van der Waals surface area contributed by atoms with Crippen LogP contribution >= 0.6 is 0 Å². The fourth-order valence-electron chi connectivity index (χ4n) is 3.55. The molecule has 5 heteroatoms. The van der Waals surface area contributed by atoms with Crippen molar-refractivity contribution in [2.75, 3.05) is 33.0 Å². The molecule has 3 unspecified atom stereocenters. The van der Waals surface area contributed by atoms with Gasteiger partial charge in [-0.15, -0.1) is 0 Å². The summed E-state index contributed by atoms with van der Waals surface area (Å²) < 4.78 is 23.5. The van der Waals surface area contributed by atoms with Gasteiger partial charge in [0.1, 0.15) is 0 Å². The van der Waals surface area contributed by atoms with Gasteiger partial charge in [-0.3, -0.25) is 0 Å². The Morgan fingerprint density at radius 1 is 1.20 bits per heavy atom. The molecule has 1 N–H and O–H groups in total. The Bertz CT molecular complexity index is 300. The van der Waals surface area contributed by atoms with Crippen molar-refractivity contribution in [3.63, 3.8) is 0 Å². The first-order valence-corrected chi connectivity index (χ1v) is 8.06. The van der Waals surface area contributed by atoms with Crippen molar-refractivity contribution in [3.8, 4) is 0 Å². The van der Waals surface area contributed by atoms with E-state index >= 15 is 0 Å². The minimum Gasteiger partial charge on any atom is -0.376 e. The Morgan fingerprint density at radius 3 is 2.75 bits per heavy atom. The van der Waals surface area contributed by atoms with Gasteiger partial charge in [0.05, 0.1) is 32.0 Å². The van der Waals surface area contributed by atoms with E-state index in [4.69, 9.17) is 18.9 Å². The highest BCUT2D eigenvalue weighted by atomic mass is 16.7. The first-order valence-electron chi connectivity index (χ1n) is 8.06. The molecule has 3 aliphatic rings. The maximum Gasteiger partial charge on any atom is 0.171 e. The van der Waals surface area contributed by atoms with Crippen molar-refractivity contribution < 1.29 is 18.9 Å². The largest absolute Gasteiger partial charge is 0.376 e. The van der Waals surface area contributed by atoms with Gasteiger partial charge in [-0.1, -0.05) is 6.92 Å². The van der Waals surface area contributed by atoms with Gasteiger partial charge >= 0.3 is 0 Å². The summed E-state index contributed by atoms with van der Waals surface area (Å²) in [7, 11) is 0. The number of likely N-dealkylation sites (N-methyl/N-ethyl adjacent to an activating group) is 1. The molecule has 3 fully saturated rings. The van der Waals surface area contributed by atoms with E-state index in [9.17, 15) is 0 Å². The molecule has 116 valence electrons. The molecule has 1 aliphatic carbocycles. The van der Waals surface area contributed by atoms with Gasteiger partial charge in [-0.2, -0.15) is 0 Å². The average Bonchev–Trinajstić information content (AvgIpc) is 3.12. The lowest BCUT2D eigenvalue weighted by atomic mass is 9.87. The van der Waals surface area contributed by atoms with Crippen LogP contribution in [0.25, 0.3) is 0 Å². The van der Waals surface area contributed by atoms with Crippen LogP contribution in [0.2, 0.25) is 0 Å². The van der Waals surface area contributed by atoms with Gasteiger partial charge in [-0.05, 0) is 25.8 Å². The van der Waals surface area contributed by atoms with Crippen LogP contribution in [-0.2, 0) is 18.9 Å². The molecule has 3 rings (SSSR count). The molecule has 0 aromatic carbocycles. The first-order chi connectivity index (χ1) is 9.81. The molecule has 0 radical (unpaired) electrons. The molecule has 2 aliphatic heterocycles. The molecule has 0 aromatic heterocycles. The van der Waals surface area contributed by atoms with E-state index in [0.29, 0.717) is 25.9 Å². The van der Waals surface area contributed by atoms with E-state index < -0.39 is 0 Å². The minimum absolute atomic E-state index is 0.158. The van der Waals surface area contributed by atoms with Crippen molar-refractivity contribution in [2.24, 2.45) is 0 Å². The van der Waals surface area contributed by atoms with Crippen molar-refractivity contribution in [3.05, 3.63) is 0 Å². The molecule has 1 spiro atoms. The average molecular weight is 285 g/mol. The van der Waals surface area contributed by atoms with Crippen LogP contribution in [0.4, 0.5) is 0 Å². The van der Waals surface area contributed by atoms with E-state index in [1.54, 1.807) is 0 Å². The molecule has 1 saturated carbocycles. The molecule has 2 heterocycles. The number of nitrogens with one attached hydrogen (secondary N) is 1. The zero-order chi connectivity index (χ0) is 13.8. The monoisotopic (exact) mass is 285 g/mol. The number of hydrogen-bond donors (Lipinski definition) is 1. The Hall–Kier alpha value is -0.200. The molecule has 0 aromatic rings. The Balaban J connectivity index is 1.56. The third-order valence-corrected chi connectivity index (χ3v) is 4.60. The van der Waals surface area contributed by atoms with Gasteiger partial charge in [0.15, 0.2) is 5.79 Å². The normalized spacial score (nSPS) is 36.8. The van der Waals surface area contributed by atoms with E-state index in [2.05, 4.69) is 12.2 Å². The standard InChI is InChI=1S/C15H27NO4/c1-2-16-13-5-6-15(19-8-9-20-15)10-14(13)18-11-12-4-3-7-17-12/h12-14,16H,2-11H2,1H3. The lowest BCUT2D eigenvalue weighted by Crippen LogP contribution is -2.52. The highest BCUT2D eigenvalue weighted by Crippen LogP contribution is 2.37. The van der Waals surface area contributed by atoms with Crippen LogP contribution in [0.5, 0.6) is 0 Å². The van der Waals surface area contributed by atoms with Gasteiger partial charge in [-0.25, -0.2) is 0 Å².